The molecule has 0 amide bonds. The standard InChI is InChI=1S/C16H17N3OS/c1-2-11-10-21-16-18-14(12-6-3-4-8-17-12)15(19(11)16)13-7-5-9-20-13/h3-9,11,14-15H,2,10H2,1H3/t11-,14+,15-/m1/s1. The highest BCUT2D eigenvalue weighted by Gasteiger charge is 2.46. The molecule has 0 radical (unpaired) electrons. The largest absolute Gasteiger partial charge is 0.467 e. The second kappa shape index (κ2) is 5.22. The van der Waals surface area contributed by atoms with E-state index in [9.17, 15) is 0 Å². The molecule has 108 valence electrons. The number of amidine groups is 1. The predicted molar refractivity (Wildman–Crippen MR) is 84.2 cm³/mol. The van der Waals surface area contributed by atoms with Crippen molar-refractivity contribution in [1.82, 2.24) is 9.88 Å². The number of aliphatic imine (C=N–C) groups is 1. The maximum Gasteiger partial charge on any atom is 0.161 e. The van der Waals surface area contributed by atoms with Crippen LogP contribution in [0.25, 0.3) is 0 Å². The van der Waals surface area contributed by atoms with Gasteiger partial charge in [-0.3, -0.25) is 4.98 Å². The van der Waals surface area contributed by atoms with Gasteiger partial charge in [-0.2, -0.15) is 0 Å². The van der Waals surface area contributed by atoms with Gasteiger partial charge in [-0.05, 0) is 30.7 Å². The van der Waals surface area contributed by atoms with Crippen LogP contribution < -0.4 is 0 Å². The molecule has 4 rings (SSSR count). The number of aromatic nitrogens is 1. The highest BCUT2D eigenvalue weighted by atomic mass is 32.2. The van der Waals surface area contributed by atoms with Crippen LogP contribution in [0.5, 0.6) is 0 Å². The summed E-state index contributed by atoms with van der Waals surface area (Å²) in [5, 5.41) is 1.14. The molecule has 2 aromatic rings. The molecule has 4 nitrogen and oxygen atoms in total. The van der Waals surface area contributed by atoms with Crippen LogP contribution in [0, 0.1) is 0 Å². The van der Waals surface area contributed by atoms with Crippen molar-refractivity contribution < 1.29 is 4.42 Å². The molecule has 1 saturated heterocycles. The van der Waals surface area contributed by atoms with Crippen molar-refractivity contribution in [2.75, 3.05) is 5.75 Å². The fourth-order valence-corrected chi connectivity index (χ4v) is 4.46. The fraction of sp³-hybridized carbons (Fsp3) is 0.375. The molecule has 3 atom stereocenters. The van der Waals surface area contributed by atoms with Gasteiger partial charge in [-0.25, -0.2) is 4.99 Å². The molecule has 0 saturated carbocycles. The zero-order valence-electron chi connectivity index (χ0n) is 11.8. The van der Waals surface area contributed by atoms with Gasteiger partial charge in [0.25, 0.3) is 0 Å². The normalized spacial score (nSPS) is 27.8. The third-order valence-corrected chi connectivity index (χ3v) is 5.29. The maximum absolute atomic E-state index is 5.72. The van der Waals surface area contributed by atoms with Gasteiger partial charge in [-0.1, -0.05) is 24.8 Å². The summed E-state index contributed by atoms with van der Waals surface area (Å²) in [4.78, 5) is 11.9. The van der Waals surface area contributed by atoms with Crippen LogP contribution in [-0.2, 0) is 0 Å². The van der Waals surface area contributed by atoms with Gasteiger partial charge in [0.15, 0.2) is 5.17 Å². The number of nitrogens with zero attached hydrogens (tertiary/aromatic N) is 3. The lowest BCUT2D eigenvalue weighted by Crippen LogP contribution is -2.35. The Kier molecular flexibility index (Phi) is 3.22. The lowest BCUT2D eigenvalue weighted by atomic mass is 10.0. The van der Waals surface area contributed by atoms with Gasteiger partial charge in [0.2, 0.25) is 0 Å². The SMILES string of the molecule is CC[C@@H]1CSC2=N[C@@H](c3ccccn3)[C@@H](c3ccco3)N21. The van der Waals surface area contributed by atoms with E-state index in [0.29, 0.717) is 6.04 Å². The summed E-state index contributed by atoms with van der Waals surface area (Å²) in [7, 11) is 0. The Morgan fingerprint density at radius 2 is 2.29 bits per heavy atom. The number of thioether (sulfide) groups is 1. The first-order chi connectivity index (χ1) is 10.4. The van der Waals surface area contributed by atoms with Crippen LogP contribution in [-0.4, -0.2) is 26.8 Å². The fourth-order valence-electron chi connectivity index (χ4n) is 3.12. The number of rotatable bonds is 3. The minimum atomic E-state index is 0.0224. The summed E-state index contributed by atoms with van der Waals surface area (Å²) in [6.07, 6.45) is 4.70. The Morgan fingerprint density at radius 3 is 3.00 bits per heavy atom. The second-order valence-corrected chi connectivity index (χ2v) is 6.34. The lowest BCUT2D eigenvalue weighted by molar-refractivity contribution is 0.225. The third kappa shape index (κ3) is 2.07. The zero-order chi connectivity index (χ0) is 14.2. The van der Waals surface area contributed by atoms with Crippen molar-refractivity contribution in [3.63, 3.8) is 0 Å². The van der Waals surface area contributed by atoms with Crippen molar-refractivity contribution in [3.8, 4) is 0 Å². The van der Waals surface area contributed by atoms with Crippen molar-refractivity contribution >= 4 is 16.9 Å². The Morgan fingerprint density at radius 1 is 1.33 bits per heavy atom. The Bertz CT molecular complexity index is 641. The summed E-state index contributed by atoms with van der Waals surface area (Å²) in [6.45, 7) is 2.24. The third-order valence-electron chi connectivity index (χ3n) is 4.16. The molecule has 1 fully saturated rings. The van der Waals surface area contributed by atoms with E-state index < -0.39 is 0 Å². The molecule has 0 N–H and O–H groups in total. The molecule has 4 heterocycles. The van der Waals surface area contributed by atoms with Crippen molar-refractivity contribution in [3.05, 3.63) is 54.2 Å². The zero-order valence-corrected chi connectivity index (χ0v) is 12.7. The molecule has 2 aliphatic heterocycles. The first kappa shape index (κ1) is 13.0. The number of pyridine rings is 1. The molecule has 0 aromatic carbocycles. The monoisotopic (exact) mass is 299 g/mol. The van der Waals surface area contributed by atoms with Gasteiger partial charge < -0.3 is 9.32 Å². The number of fused-ring (bicyclic) bond motifs is 1. The molecule has 2 aliphatic rings. The second-order valence-electron chi connectivity index (χ2n) is 5.35. The van der Waals surface area contributed by atoms with Crippen LogP contribution in [0.1, 0.15) is 36.9 Å². The molecule has 0 bridgehead atoms. The van der Waals surface area contributed by atoms with Gasteiger partial charge in [-0.15, -0.1) is 0 Å². The Balaban J connectivity index is 1.78. The van der Waals surface area contributed by atoms with Crippen LogP contribution in [0.3, 0.4) is 0 Å². The van der Waals surface area contributed by atoms with Crippen LogP contribution in [0.15, 0.2) is 52.2 Å². The molecule has 5 heteroatoms. The first-order valence-corrected chi connectivity index (χ1v) is 8.30. The van der Waals surface area contributed by atoms with Gasteiger partial charge in [0.1, 0.15) is 17.8 Å². The highest BCUT2D eigenvalue weighted by molar-refractivity contribution is 8.14. The molecular weight excluding hydrogens is 282 g/mol. The lowest BCUT2D eigenvalue weighted by Gasteiger charge is -2.29. The molecular formula is C16H17N3OS. The van der Waals surface area contributed by atoms with Gasteiger partial charge in [0.05, 0.1) is 12.0 Å². The van der Waals surface area contributed by atoms with Crippen molar-refractivity contribution in [1.29, 1.82) is 0 Å². The topological polar surface area (TPSA) is 41.6 Å². The number of hydrogen-bond donors (Lipinski definition) is 0. The number of furan rings is 1. The van der Waals surface area contributed by atoms with E-state index in [4.69, 9.17) is 9.41 Å². The van der Waals surface area contributed by atoms with E-state index in [1.54, 1.807) is 6.26 Å². The summed E-state index contributed by atoms with van der Waals surface area (Å²) in [5.74, 6) is 2.09. The number of hydrogen-bond acceptors (Lipinski definition) is 5. The summed E-state index contributed by atoms with van der Waals surface area (Å²) in [6, 6.07) is 10.7. The van der Waals surface area contributed by atoms with E-state index in [-0.39, 0.29) is 12.1 Å². The van der Waals surface area contributed by atoms with E-state index >= 15 is 0 Å². The maximum atomic E-state index is 5.72. The molecule has 21 heavy (non-hydrogen) atoms. The highest BCUT2D eigenvalue weighted by Crippen LogP contribution is 2.48. The van der Waals surface area contributed by atoms with Crippen molar-refractivity contribution in [2.45, 2.75) is 31.5 Å². The van der Waals surface area contributed by atoms with Crippen LogP contribution in [0.4, 0.5) is 0 Å². The summed E-state index contributed by atoms with van der Waals surface area (Å²) < 4.78 is 5.72. The first-order valence-electron chi connectivity index (χ1n) is 7.31. The minimum absolute atomic E-state index is 0.0224. The van der Waals surface area contributed by atoms with Crippen LogP contribution in [0.2, 0.25) is 0 Å². The Hall–Kier alpha value is -1.75. The van der Waals surface area contributed by atoms with Crippen LogP contribution >= 0.6 is 11.8 Å². The summed E-state index contributed by atoms with van der Waals surface area (Å²) in [5.41, 5.74) is 1.01. The predicted octanol–water partition coefficient (Wildman–Crippen LogP) is 3.65. The van der Waals surface area contributed by atoms with E-state index in [2.05, 4.69) is 28.9 Å². The smallest absolute Gasteiger partial charge is 0.161 e. The quantitative estimate of drug-likeness (QED) is 0.867. The van der Waals surface area contributed by atoms with Gasteiger partial charge in [0, 0.05) is 18.0 Å². The molecule has 0 aliphatic carbocycles. The molecule has 2 aromatic heterocycles. The average molecular weight is 299 g/mol. The summed E-state index contributed by atoms with van der Waals surface area (Å²) >= 11 is 1.85. The minimum Gasteiger partial charge on any atom is -0.467 e. The average Bonchev–Trinajstić information content (AvgIpc) is 3.23. The van der Waals surface area contributed by atoms with Crippen molar-refractivity contribution in [2.24, 2.45) is 4.99 Å². The van der Waals surface area contributed by atoms with E-state index in [0.717, 1.165) is 28.8 Å². The van der Waals surface area contributed by atoms with E-state index in [1.807, 2.05) is 36.2 Å². The van der Waals surface area contributed by atoms with Gasteiger partial charge >= 0.3 is 0 Å². The van der Waals surface area contributed by atoms with E-state index in [1.165, 1.54) is 0 Å². The Labute approximate surface area is 128 Å². The molecule has 0 unspecified atom stereocenters. The molecule has 0 spiro atoms.